The van der Waals surface area contributed by atoms with E-state index in [1.807, 2.05) is 20.8 Å². The van der Waals surface area contributed by atoms with Crippen molar-refractivity contribution in [2.45, 2.75) is 39.4 Å². The molecule has 76 valence electrons. The van der Waals surface area contributed by atoms with E-state index in [1.165, 1.54) is 0 Å². The van der Waals surface area contributed by atoms with Crippen LogP contribution in [-0.2, 0) is 0 Å². The monoisotopic (exact) mass is 194 g/mol. The van der Waals surface area contributed by atoms with E-state index in [-0.39, 0.29) is 11.8 Å². The lowest BCUT2D eigenvalue weighted by Crippen LogP contribution is -2.37. The van der Waals surface area contributed by atoms with Crippen molar-refractivity contribution in [1.82, 2.24) is 5.43 Å². The molecule has 1 atom stereocenters. The molecule has 0 aromatic carbocycles. The fourth-order valence-electron chi connectivity index (χ4n) is 1.10. The second kappa shape index (κ2) is 2.89. The van der Waals surface area contributed by atoms with Crippen molar-refractivity contribution in [3.8, 4) is 0 Å². The van der Waals surface area contributed by atoms with Crippen LogP contribution in [0.5, 0.6) is 0 Å². The van der Waals surface area contributed by atoms with Crippen LogP contribution in [0.4, 0.5) is 13.2 Å². The zero-order valence-electron chi connectivity index (χ0n) is 7.87. The zero-order chi connectivity index (χ0) is 10.3. The van der Waals surface area contributed by atoms with Gasteiger partial charge in [0.2, 0.25) is 0 Å². The van der Waals surface area contributed by atoms with Crippen LogP contribution in [0.2, 0.25) is 0 Å². The Morgan fingerprint density at radius 1 is 1.31 bits per heavy atom. The van der Waals surface area contributed by atoms with E-state index in [0.717, 1.165) is 0 Å². The Kier molecular flexibility index (Phi) is 2.30. The Labute approximate surface area is 75.2 Å². The fourth-order valence-corrected chi connectivity index (χ4v) is 1.10. The Hall–Kier alpha value is -0.740. The van der Waals surface area contributed by atoms with Crippen molar-refractivity contribution < 1.29 is 13.2 Å². The van der Waals surface area contributed by atoms with Crippen LogP contribution >= 0.6 is 0 Å². The predicted octanol–water partition coefficient (Wildman–Crippen LogP) is 2.31. The van der Waals surface area contributed by atoms with Crippen LogP contribution in [0, 0.1) is 5.41 Å². The molecule has 1 aliphatic heterocycles. The third kappa shape index (κ3) is 2.35. The molecule has 0 saturated heterocycles. The van der Waals surface area contributed by atoms with Gasteiger partial charge in [-0.2, -0.15) is 18.3 Å². The number of nitrogens with zero attached hydrogens (tertiary/aromatic N) is 1. The summed E-state index contributed by atoms with van der Waals surface area (Å²) in [4.78, 5) is 0. The lowest BCUT2D eigenvalue weighted by Gasteiger charge is -2.18. The summed E-state index contributed by atoms with van der Waals surface area (Å²) >= 11 is 0. The van der Waals surface area contributed by atoms with Gasteiger partial charge < -0.3 is 0 Å². The summed E-state index contributed by atoms with van der Waals surface area (Å²) < 4.78 is 36.6. The van der Waals surface area contributed by atoms with Gasteiger partial charge in [0.05, 0.1) is 0 Å². The van der Waals surface area contributed by atoms with Gasteiger partial charge in [0.1, 0.15) is 6.04 Å². The van der Waals surface area contributed by atoms with Crippen molar-refractivity contribution in [1.29, 1.82) is 0 Å². The molecule has 0 aromatic rings. The van der Waals surface area contributed by atoms with E-state index >= 15 is 0 Å². The Bertz CT molecular complexity index is 225. The highest BCUT2D eigenvalue weighted by Crippen LogP contribution is 2.30. The summed E-state index contributed by atoms with van der Waals surface area (Å²) in [7, 11) is 0. The van der Waals surface area contributed by atoms with Crippen molar-refractivity contribution in [3.63, 3.8) is 0 Å². The maximum atomic E-state index is 12.2. The number of hydrogen-bond donors (Lipinski definition) is 1. The number of alkyl halides is 3. The van der Waals surface area contributed by atoms with Gasteiger partial charge in [-0.25, -0.2) is 0 Å². The summed E-state index contributed by atoms with van der Waals surface area (Å²) in [5.74, 6) is 0. The summed E-state index contributed by atoms with van der Waals surface area (Å²) in [6.45, 7) is 5.56. The molecule has 0 bridgehead atoms. The largest absolute Gasteiger partial charge is 0.410 e. The van der Waals surface area contributed by atoms with E-state index in [9.17, 15) is 13.2 Å². The van der Waals surface area contributed by atoms with Gasteiger partial charge in [0, 0.05) is 17.5 Å². The van der Waals surface area contributed by atoms with E-state index in [0.29, 0.717) is 5.71 Å². The van der Waals surface area contributed by atoms with Crippen LogP contribution < -0.4 is 5.43 Å². The van der Waals surface area contributed by atoms with E-state index in [1.54, 1.807) is 0 Å². The van der Waals surface area contributed by atoms with Crippen molar-refractivity contribution in [2.24, 2.45) is 10.5 Å². The minimum atomic E-state index is -4.20. The third-order valence-electron chi connectivity index (χ3n) is 2.01. The number of halogens is 3. The normalized spacial score (nSPS) is 24.2. The SMILES string of the molecule is CC(C)(C)C1=NNC(C(F)(F)F)C1. The minimum Gasteiger partial charge on any atom is -0.297 e. The number of hydrazone groups is 1. The maximum Gasteiger partial charge on any atom is 0.410 e. The summed E-state index contributed by atoms with van der Waals surface area (Å²) in [5.41, 5.74) is 2.41. The van der Waals surface area contributed by atoms with Crippen LogP contribution in [0.25, 0.3) is 0 Å². The average Bonchev–Trinajstić information content (AvgIpc) is 2.28. The molecule has 1 heterocycles. The molecule has 0 aromatic heterocycles. The molecule has 1 unspecified atom stereocenters. The Morgan fingerprint density at radius 3 is 2.08 bits per heavy atom. The first kappa shape index (κ1) is 10.3. The van der Waals surface area contributed by atoms with E-state index in [2.05, 4.69) is 10.5 Å². The molecule has 0 saturated carbocycles. The lowest BCUT2D eigenvalue weighted by molar-refractivity contribution is -0.152. The third-order valence-corrected chi connectivity index (χ3v) is 2.01. The second-order valence-corrected chi connectivity index (χ2v) is 4.24. The first-order chi connectivity index (χ1) is 5.71. The van der Waals surface area contributed by atoms with E-state index in [4.69, 9.17) is 0 Å². The maximum absolute atomic E-state index is 12.2. The van der Waals surface area contributed by atoms with Crippen LogP contribution in [-0.4, -0.2) is 17.9 Å². The average molecular weight is 194 g/mol. The van der Waals surface area contributed by atoms with Gasteiger partial charge >= 0.3 is 6.18 Å². The minimum absolute atomic E-state index is 0.0347. The van der Waals surface area contributed by atoms with Crippen molar-refractivity contribution in [2.75, 3.05) is 0 Å². The molecule has 0 spiro atoms. The predicted molar refractivity (Wildman–Crippen MR) is 44.5 cm³/mol. The molecular formula is C8H13F3N2. The number of rotatable bonds is 0. The summed E-state index contributed by atoms with van der Waals surface area (Å²) in [6.07, 6.45) is -4.23. The number of hydrogen-bond acceptors (Lipinski definition) is 2. The van der Waals surface area contributed by atoms with E-state index < -0.39 is 12.2 Å². The summed E-state index contributed by atoms with van der Waals surface area (Å²) in [5, 5.41) is 3.70. The van der Waals surface area contributed by atoms with Crippen LogP contribution in [0.1, 0.15) is 27.2 Å². The molecule has 0 fully saturated rings. The molecule has 1 rings (SSSR count). The molecule has 1 N–H and O–H groups in total. The first-order valence-electron chi connectivity index (χ1n) is 4.10. The van der Waals surface area contributed by atoms with Crippen LogP contribution in [0.15, 0.2) is 5.10 Å². The van der Waals surface area contributed by atoms with Crippen LogP contribution in [0.3, 0.4) is 0 Å². The highest BCUT2D eigenvalue weighted by Gasteiger charge is 2.44. The molecule has 5 heteroatoms. The smallest absolute Gasteiger partial charge is 0.297 e. The molecular weight excluding hydrogens is 181 g/mol. The standard InChI is InChI=1S/C8H13F3N2/c1-7(2,3)5-4-6(13-12-5)8(9,10)11/h6,13H,4H2,1-3H3. The molecule has 0 radical (unpaired) electrons. The highest BCUT2D eigenvalue weighted by molar-refractivity contribution is 5.90. The molecule has 0 amide bonds. The summed E-state index contributed by atoms with van der Waals surface area (Å²) in [6, 6.07) is -1.50. The van der Waals surface area contributed by atoms with Gasteiger partial charge in [-0.15, -0.1) is 0 Å². The van der Waals surface area contributed by atoms with Crippen molar-refractivity contribution in [3.05, 3.63) is 0 Å². The quantitative estimate of drug-likeness (QED) is 0.628. The van der Waals surface area contributed by atoms with Gasteiger partial charge in [0.25, 0.3) is 0 Å². The first-order valence-corrected chi connectivity index (χ1v) is 4.10. The van der Waals surface area contributed by atoms with Gasteiger partial charge in [0.15, 0.2) is 0 Å². The van der Waals surface area contributed by atoms with Crippen molar-refractivity contribution >= 4 is 5.71 Å². The highest BCUT2D eigenvalue weighted by atomic mass is 19.4. The molecule has 1 aliphatic rings. The molecule has 2 nitrogen and oxygen atoms in total. The van der Waals surface area contributed by atoms with Gasteiger partial charge in [-0.3, -0.25) is 5.43 Å². The number of nitrogens with one attached hydrogen (secondary N) is 1. The molecule has 13 heavy (non-hydrogen) atoms. The zero-order valence-corrected chi connectivity index (χ0v) is 7.87. The fraction of sp³-hybridized carbons (Fsp3) is 0.875. The van der Waals surface area contributed by atoms with Gasteiger partial charge in [-0.05, 0) is 0 Å². The second-order valence-electron chi connectivity index (χ2n) is 4.24. The lowest BCUT2D eigenvalue weighted by atomic mass is 9.87. The molecule has 0 aliphatic carbocycles. The van der Waals surface area contributed by atoms with Gasteiger partial charge in [-0.1, -0.05) is 20.8 Å². The Morgan fingerprint density at radius 2 is 1.85 bits per heavy atom. The topological polar surface area (TPSA) is 24.4 Å². The Balaban J connectivity index is 2.63.